The largest absolute Gasteiger partial charge is 0.371 e. The first-order chi connectivity index (χ1) is 12.1. The van der Waals surface area contributed by atoms with Crippen molar-refractivity contribution in [2.45, 2.75) is 18.9 Å². The second kappa shape index (κ2) is 8.08. The van der Waals surface area contributed by atoms with E-state index in [9.17, 15) is 12.8 Å². The molecule has 25 heavy (non-hydrogen) atoms. The molecule has 134 valence electrons. The first kappa shape index (κ1) is 18.0. The number of morpholine rings is 1. The second-order valence-electron chi connectivity index (χ2n) is 6.14. The zero-order valence-corrected chi connectivity index (χ0v) is 14.8. The van der Waals surface area contributed by atoms with E-state index in [1.54, 1.807) is 18.2 Å². The summed E-state index contributed by atoms with van der Waals surface area (Å²) in [6.45, 7) is 0.754. The molecule has 0 aromatic heterocycles. The molecular weight excluding hydrogens is 341 g/mol. The highest BCUT2D eigenvalue weighted by Gasteiger charge is 2.31. The Hall–Kier alpha value is -1.76. The molecule has 1 aliphatic rings. The van der Waals surface area contributed by atoms with Gasteiger partial charge in [0.1, 0.15) is 5.82 Å². The van der Waals surface area contributed by atoms with E-state index in [0.717, 1.165) is 12.0 Å². The molecular formula is C19H22FNO3S. The zero-order chi connectivity index (χ0) is 17.7. The lowest BCUT2D eigenvalue weighted by Gasteiger charge is -2.32. The fraction of sp³-hybridized carbons (Fsp3) is 0.368. The predicted octanol–water partition coefficient (Wildman–Crippen LogP) is 3.16. The van der Waals surface area contributed by atoms with Gasteiger partial charge in [0.15, 0.2) is 0 Å². The van der Waals surface area contributed by atoms with Gasteiger partial charge in [0.05, 0.1) is 18.5 Å². The monoisotopic (exact) mass is 363 g/mol. The average molecular weight is 363 g/mol. The van der Waals surface area contributed by atoms with Crippen LogP contribution in [0.15, 0.2) is 54.6 Å². The lowest BCUT2D eigenvalue weighted by Crippen LogP contribution is -2.43. The standard InChI is InChI=1S/C19H22FNO3S/c20-18-11-5-4-10-17(18)19-15-21(12-13-24-19)25(22,23)14-6-9-16-7-2-1-3-8-16/h1-5,7-8,10-11,19H,6,9,12-15H2. The predicted molar refractivity (Wildman–Crippen MR) is 95.2 cm³/mol. The molecule has 1 heterocycles. The van der Waals surface area contributed by atoms with Crippen molar-refractivity contribution in [1.82, 2.24) is 4.31 Å². The third kappa shape index (κ3) is 4.66. The van der Waals surface area contributed by atoms with Gasteiger partial charge in [0.25, 0.3) is 0 Å². The molecule has 1 aliphatic heterocycles. The van der Waals surface area contributed by atoms with Crippen LogP contribution in [-0.2, 0) is 21.2 Å². The van der Waals surface area contributed by atoms with Crippen LogP contribution in [0.2, 0.25) is 0 Å². The lowest BCUT2D eigenvalue weighted by atomic mass is 10.1. The van der Waals surface area contributed by atoms with Crippen molar-refractivity contribution < 1.29 is 17.5 Å². The van der Waals surface area contributed by atoms with Crippen molar-refractivity contribution in [3.05, 3.63) is 71.5 Å². The van der Waals surface area contributed by atoms with Crippen LogP contribution in [0.5, 0.6) is 0 Å². The van der Waals surface area contributed by atoms with E-state index in [0.29, 0.717) is 18.5 Å². The lowest BCUT2D eigenvalue weighted by molar-refractivity contribution is -0.00442. The van der Waals surface area contributed by atoms with Gasteiger partial charge in [-0.25, -0.2) is 12.8 Å². The Labute approximate surface area is 148 Å². The summed E-state index contributed by atoms with van der Waals surface area (Å²) in [7, 11) is -3.38. The summed E-state index contributed by atoms with van der Waals surface area (Å²) < 4.78 is 46.2. The number of benzene rings is 2. The van der Waals surface area contributed by atoms with Gasteiger partial charge in [0.2, 0.25) is 10.0 Å². The molecule has 4 nitrogen and oxygen atoms in total. The van der Waals surface area contributed by atoms with Gasteiger partial charge in [-0.05, 0) is 24.5 Å². The third-order valence-corrected chi connectivity index (χ3v) is 6.31. The minimum atomic E-state index is -3.38. The first-order valence-electron chi connectivity index (χ1n) is 8.44. The van der Waals surface area contributed by atoms with E-state index in [2.05, 4.69) is 0 Å². The number of nitrogens with zero attached hydrogens (tertiary/aromatic N) is 1. The topological polar surface area (TPSA) is 46.6 Å². The van der Waals surface area contributed by atoms with E-state index in [1.807, 2.05) is 30.3 Å². The normalized spacial score (nSPS) is 19.0. The quantitative estimate of drug-likeness (QED) is 0.792. The van der Waals surface area contributed by atoms with Crippen LogP contribution in [0.3, 0.4) is 0 Å². The van der Waals surface area contributed by atoms with Crippen LogP contribution in [0.1, 0.15) is 23.7 Å². The van der Waals surface area contributed by atoms with Crippen LogP contribution in [0, 0.1) is 5.82 Å². The minimum Gasteiger partial charge on any atom is -0.371 e. The van der Waals surface area contributed by atoms with Gasteiger partial charge in [-0.3, -0.25) is 0 Å². The number of rotatable bonds is 6. The van der Waals surface area contributed by atoms with E-state index < -0.39 is 16.1 Å². The zero-order valence-electron chi connectivity index (χ0n) is 14.0. The maximum atomic E-state index is 13.9. The molecule has 1 atom stereocenters. The summed E-state index contributed by atoms with van der Waals surface area (Å²) in [6.07, 6.45) is 0.730. The fourth-order valence-corrected chi connectivity index (χ4v) is 4.52. The molecule has 0 bridgehead atoms. The number of sulfonamides is 1. The summed E-state index contributed by atoms with van der Waals surface area (Å²) in [6, 6.07) is 16.2. The Balaban J connectivity index is 1.61. The maximum Gasteiger partial charge on any atom is 0.214 e. The van der Waals surface area contributed by atoms with Crippen molar-refractivity contribution in [3.63, 3.8) is 0 Å². The highest BCUT2D eigenvalue weighted by atomic mass is 32.2. The van der Waals surface area contributed by atoms with E-state index in [4.69, 9.17) is 4.74 Å². The number of hydrogen-bond acceptors (Lipinski definition) is 3. The smallest absolute Gasteiger partial charge is 0.214 e. The van der Waals surface area contributed by atoms with Crippen molar-refractivity contribution in [2.75, 3.05) is 25.4 Å². The van der Waals surface area contributed by atoms with E-state index in [1.165, 1.54) is 10.4 Å². The van der Waals surface area contributed by atoms with Crippen molar-refractivity contribution in [2.24, 2.45) is 0 Å². The summed E-state index contributed by atoms with van der Waals surface area (Å²) >= 11 is 0. The van der Waals surface area contributed by atoms with Crippen LogP contribution >= 0.6 is 0 Å². The molecule has 0 aliphatic carbocycles. The van der Waals surface area contributed by atoms with Crippen LogP contribution < -0.4 is 0 Å². The highest BCUT2D eigenvalue weighted by molar-refractivity contribution is 7.89. The van der Waals surface area contributed by atoms with Crippen molar-refractivity contribution in [1.29, 1.82) is 0 Å². The molecule has 0 amide bonds. The molecule has 1 fully saturated rings. The van der Waals surface area contributed by atoms with Crippen LogP contribution in [0.25, 0.3) is 0 Å². The Morgan fingerprint density at radius 1 is 1.08 bits per heavy atom. The van der Waals surface area contributed by atoms with Gasteiger partial charge < -0.3 is 4.74 Å². The second-order valence-corrected chi connectivity index (χ2v) is 8.23. The summed E-state index contributed by atoms with van der Waals surface area (Å²) in [5.74, 6) is -0.276. The fourth-order valence-electron chi connectivity index (χ4n) is 3.04. The molecule has 0 N–H and O–H groups in total. The third-order valence-electron chi connectivity index (χ3n) is 4.39. The highest BCUT2D eigenvalue weighted by Crippen LogP contribution is 2.26. The van der Waals surface area contributed by atoms with Gasteiger partial charge in [-0.1, -0.05) is 48.5 Å². The molecule has 6 heteroatoms. The molecule has 0 spiro atoms. The summed E-state index contributed by atoms with van der Waals surface area (Å²) in [4.78, 5) is 0. The Morgan fingerprint density at radius 3 is 2.56 bits per heavy atom. The molecule has 3 rings (SSSR count). The average Bonchev–Trinajstić information content (AvgIpc) is 2.63. The summed E-state index contributed by atoms with van der Waals surface area (Å²) in [5, 5.41) is 0. The molecule has 1 unspecified atom stereocenters. The Morgan fingerprint density at radius 2 is 1.80 bits per heavy atom. The number of halogens is 1. The Kier molecular flexibility index (Phi) is 5.83. The number of ether oxygens (including phenoxy) is 1. The van der Waals surface area contributed by atoms with Gasteiger partial charge >= 0.3 is 0 Å². The molecule has 0 saturated carbocycles. The van der Waals surface area contributed by atoms with E-state index >= 15 is 0 Å². The van der Waals surface area contributed by atoms with Crippen LogP contribution in [0.4, 0.5) is 4.39 Å². The molecule has 2 aromatic rings. The number of aryl methyl sites for hydroxylation is 1. The SMILES string of the molecule is O=S(=O)(CCCc1ccccc1)N1CCOC(c2ccccc2F)C1. The van der Waals surface area contributed by atoms with E-state index in [-0.39, 0.29) is 24.7 Å². The maximum absolute atomic E-state index is 13.9. The molecule has 0 radical (unpaired) electrons. The first-order valence-corrected chi connectivity index (χ1v) is 10.0. The summed E-state index contributed by atoms with van der Waals surface area (Å²) in [5.41, 5.74) is 1.54. The van der Waals surface area contributed by atoms with Gasteiger partial charge in [-0.15, -0.1) is 0 Å². The molecule has 2 aromatic carbocycles. The van der Waals surface area contributed by atoms with Crippen molar-refractivity contribution in [3.8, 4) is 0 Å². The van der Waals surface area contributed by atoms with Crippen molar-refractivity contribution >= 4 is 10.0 Å². The Bertz CT molecular complexity index is 795. The van der Waals surface area contributed by atoms with Crippen LogP contribution in [-0.4, -0.2) is 38.2 Å². The van der Waals surface area contributed by atoms with Gasteiger partial charge in [0, 0.05) is 18.7 Å². The van der Waals surface area contributed by atoms with Gasteiger partial charge in [-0.2, -0.15) is 4.31 Å². The number of hydrogen-bond donors (Lipinski definition) is 0. The minimum absolute atomic E-state index is 0.0892. The molecule has 1 saturated heterocycles.